The molecule has 4 heteroatoms. The Morgan fingerprint density at radius 3 is 1.90 bits per heavy atom. The van der Waals surface area contributed by atoms with Gasteiger partial charge in [-0.15, -0.1) is 0 Å². The van der Waals surface area contributed by atoms with Crippen molar-refractivity contribution >= 4 is 11.9 Å². The summed E-state index contributed by atoms with van der Waals surface area (Å²) in [5, 5.41) is 0. The monoisotopic (exact) mass is 410 g/mol. The van der Waals surface area contributed by atoms with Crippen molar-refractivity contribution in [3.05, 3.63) is 12.2 Å². The summed E-state index contributed by atoms with van der Waals surface area (Å²) in [5.74, 6) is 0.0326. The first-order valence-corrected chi connectivity index (χ1v) is 12.0. The smallest absolute Gasteiger partial charge is 0.308 e. The van der Waals surface area contributed by atoms with Crippen LogP contribution in [-0.4, -0.2) is 25.7 Å². The number of rotatable bonds is 19. The van der Waals surface area contributed by atoms with E-state index in [2.05, 4.69) is 26.0 Å². The van der Waals surface area contributed by atoms with E-state index < -0.39 is 0 Å². The molecular formula is C25H46O4. The van der Waals surface area contributed by atoms with Crippen molar-refractivity contribution in [3.63, 3.8) is 0 Å². The van der Waals surface area contributed by atoms with Crippen LogP contribution in [0.25, 0.3) is 0 Å². The van der Waals surface area contributed by atoms with E-state index in [1.54, 1.807) is 0 Å². The molecule has 29 heavy (non-hydrogen) atoms. The number of carbonyl (C=O) groups is 2. The number of hydrogen-bond donors (Lipinski definition) is 0. The Balaban J connectivity index is 3.93. The second-order valence-electron chi connectivity index (χ2n) is 7.99. The second kappa shape index (κ2) is 20.0. The van der Waals surface area contributed by atoms with Crippen LogP contribution in [0, 0.1) is 11.8 Å². The van der Waals surface area contributed by atoms with Crippen LogP contribution in [0.4, 0.5) is 0 Å². The topological polar surface area (TPSA) is 52.6 Å². The summed E-state index contributed by atoms with van der Waals surface area (Å²) in [4.78, 5) is 23.9. The third-order valence-corrected chi connectivity index (χ3v) is 5.47. The number of unbranched alkanes of at least 4 members (excludes halogenated alkanes) is 6. The van der Waals surface area contributed by atoms with E-state index in [-0.39, 0.29) is 23.8 Å². The molecule has 0 saturated heterocycles. The van der Waals surface area contributed by atoms with E-state index in [1.165, 1.54) is 26.4 Å². The highest BCUT2D eigenvalue weighted by atomic mass is 16.5. The van der Waals surface area contributed by atoms with Crippen LogP contribution in [0.5, 0.6) is 0 Å². The van der Waals surface area contributed by atoms with Gasteiger partial charge in [-0.2, -0.15) is 0 Å². The minimum absolute atomic E-state index is 0.0374. The number of hydrogen-bond acceptors (Lipinski definition) is 4. The molecule has 0 heterocycles. The third-order valence-electron chi connectivity index (χ3n) is 5.47. The summed E-state index contributed by atoms with van der Waals surface area (Å²) >= 11 is 0. The van der Waals surface area contributed by atoms with Crippen molar-refractivity contribution in [3.8, 4) is 0 Å². The molecule has 0 amide bonds. The zero-order chi connectivity index (χ0) is 21.7. The van der Waals surface area contributed by atoms with Gasteiger partial charge in [0.05, 0.1) is 25.6 Å². The normalized spacial score (nSPS) is 13.4. The maximum atomic E-state index is 11.9. The Hall–Kier alpha value is -1.32. The number of ether oxygens (including phenoxy) is 2. The molecule has 0 rings (SSSR count). The maximum absolute atomic E-state index is 11.9. The van der Waals surface area contributed by atoms with E-state index >= 15 is 0 Å². The Kier molecular flexibility index (Phi) is 19.1. The summed E-state index contributed by atoms with van der Waals surface area (Å²) in [6, 6.07) is 0. The molecule has 0 aliphatic heterocycles. The van der Waals surface area contributed by atoms with Gasteiger partial charge in [0.2, 0.25) is 0 Å². The summed E-state index contributed by atoms with van der Waals surface area (Å²) in [7, 11) is 1.50. The van der Waals surface area contributed by atoms with Gasteiger partial charge in [-0.3, -0.25) is 9.59 Å². The summed E-state index contributed by atoms with van der Waals surface area (Å²) in [6.07, 6.45) is 19.3. The maximum Gasteiger partial charge on any atom is 0.308 e. The molecular weight excluding hydrogens is 364 g/mol. The number of methoxy groups -OCH3 is 1. The average Bonchev–Trinajstić information content (AvgIpc) is 2.72. The fourth-order valence-corrected chi connectivity index (χ4v) is 3.72. The molecule has 0 bridgehead atoms. The van der Waals surface area contributed by atoms with Crippen molar-refractivity contribution in [2.75, 3.05) is 13.7 Å². The van der Waals surface area contributed by atoms with Crippen LogP contribution in [0.2, 0.25) is 0 Å². The highest BCUT2D eigenvalue weighted by Gasteiger charge is 2.18. The van der Waals surface area contributed by atoms with E-state index in [4.69, 9.17) is 9.47 Å². The molecule has 0 N–H and O–H groups in total. The molecule has 170 valence electrons. The molecule has 2 atom stereocenters. The predicted octanol–water partition coefficient (Wildman–Crippen LogP) is 7.01. The quantitative estimate of drug-likeness (QED) is 0.130. The van der Waals surface area contributed by atoms with Crippen LogP contribution in [-0.2, 0) is 19.1 Å². The van der Waals surface area contributed by atoms with Gasteiger partial charge in [-0.05, 0) is 51.9 Å². The van der Waals surface area contributed by atoms with Crippen molar-refractivity contribution in [1.82, 2.24) is 0 Å². The minimum Gasteiger partial charge on any atom is -0.469 e. The van der Waals surface area contributed by atoms with Gasteiger partial charge < -0.3 is 9.47 Å². The third kappa shape index (κ3) is 15.2. The van der Waals surface area contributed by atoms with Gasteiger partial charge in [0.15, 0.2) is 0 Å². The van der Waals surface area contributed by atoms with Crippen LogP contribution in [0.1, 0.15) is 111 Å². The lowest BCUT2D eigenvalue weighted by atomic mass is 9.94. The molecule has 0 radical (unpaired) electrons. The molecule has 0 aromatic carbocycles. The summed E-state index contributed by atoms with van der Waals surface area (Å²) < 4.78 is 10.1. The van der Waals surface area contributed by atoms with Crippen molar-refractivity contribution in [2.45, 2.75) is 111 Å². The van der Waals surface area contributed by atoms with E-state index in [9.17, 15) is 9.59 Å². The minimum atomic E-state index is -0.0439. The van der Waals surface area contributed by atoms with Crippen molar-refractivity contribution in [2.24, 2.45) is 11.8 Å². The van der Waals surface area contributed by atoms with Crippen molar-refractivity contribution < 1.29 is 19.1 Å². The zero-order valence-electron chi connectivity index (χ0n) is 19.5. The van der Waals surface area contributed by atoms with Gasteiger partial charge in [-0.25, -0.2) is 0 Å². The fourth-order valence-electron chi connectivity index (χ4n) is 3.72. The van der Waals surface area contributed by atoms with Crippen LogP contribution < -0.4 is 0 Å². The number of carbonyl (C=O) groups excluding carboxylic acids is 2. The van der Waals surface area contributed by atoms with Gasteiger partial charge in [0.1, 0.15) is 0 Å². The lowest BCUT2D eigenvalue weighted by Gasteiger charge is -2.14. The first kappa shape index (κ1) is 27.7. The largest absolute Gasteiger partial charge is 0.469 e. The summed E-state index contributed by atoms with van der Waals surface area (Å²) in [6.45, 7) is 6.64. The predicted molar refractivity (Wildman–Crippen MR) is 121 cm³/mol. The van der Waals surface area contributed by atoms with E-state index in [0.717, 1.165) is 70.6 Å². The highest BCUT2D eigenvalue weighted by Crippen LogP contribution is 2.20. The molecule has 0 aliphatic rings. The van der Waals surface area contributed by atoms with E-state index in [0.29, 0.717) is 6.61 Å². The SMILES string of the molecule is CCCCCCC(CCCCCC=CCCC(CCC)C(=O)OCC)C(=O)OC. The second-order valence-corrected chi connectivity index (χ2v) is 7.99. The first-order chi connectivity index (χ1) is 14.1. The van der Waals surface area contributed by atoms with Crippen molar-refractivity contribution in [1.29, 1.82) is 0 Å². The Morgan fingerprint density at radius 1 is 0.690 bits per heavy atom. The molecule has 0 aromatic rings. The molecule has 0 fully saturated rings. The summed E-state index contributed by atoms with van der Waals surface area (Å²) in [5.41, 5.74) is 0. The lowest BCUT2D eigenvalue weighted by Crippen LogP contribution is -2.17. The fraction of sp³-hybridized carbons (Fsp3) is 0.840. The number of allylic oxidation sites excluding steroid dienone is 2. The van der Waals surface area contributed by atoms with Crippen LogP contribution in [0.3, 0.4) is 0 Å². The lowest BCUT2D eigenvalue weighted by molar-refractivity contribution is -0.148. The van der Waals surface area contributed by atoms with Gasteiger partial charge in [0.25, 0.3) is 0 Å². The molecule has 0 aromatic heterocycles. The molecule has 2 unspecified atom stereocenters. The number of esters is 2. The molecule has 0 saturated carbocycles. The average molecular weight is 411 g/mol. The Bertz CT molecular complexity index is 431. The molecule has 4 nitrogen and oxygen atoms in total. The van der Waals surface area contributed by atoms with Gasteiger partial charge in [0, 0.05) is 0 Å². The van der Waals surface area contributed by atoms with Gasteiger partial charge >= 0.3 is 11.9 Å². The Morgan fingerprint density at radius 2 is 1.31 bits per heavy atom. The molecule has 0 aliphatic carbocycles. The molecule has 0 spiro atoms. The highest BCUT2D eigenvalue weighted by molar-refractivity contribution is 5.72. The van der Waals surface area contributed by atoms with Crippen LogP contribution in [0.15, 0.2) is 12.2 Å². The first-order valence-electron chi connectivity index (χ1n) is 12.0. The van der Waals surface area contributed by atoms with Gasteiger partial charge in [-0.1, -0.05) is 70.9 Å². The Labute approximate surface area is 179 Å². The zero-order valence-corrected chi connectivity index (χ0v) is 19.5. The van der Waals surface area contributed by atoms with E-state index in [1.807, 2.05) is 6.92 Å². The standard InChI is InChI=1S/C25H46O4/c1-5-8-9-15-20-23(24(26)28-4)21-17-14-12-10-11-13-16-19-22(18-6-2)25(27)29-7-3/h11,13,22-23H,5-10,12,14-21H2,1-4H3. The van der Waals surface area contributed by atoms with Crippen LogP contribution >= 0.6 is 0 Å².